The maximum atomic E-state index is 12.5. The van der Waals surface area contributed by atoms with Crippen LogP contribution in [0.5, 0.6) is 0 Å². The van der Waals surface area contributed by atoms with Gasteiger partial charge in [0.1, 0.15) is 0 Å². The van der Waals surface area contributed by atoms with E-state index in [1.165, 1.54) is 0 Å². The molecule has 0 aromatic heterocycles. The predicted molar refractivity (Wildman–Crippen MR) is 74.9 cm³/mol. The first-order valence-electron chi connectivity index (χ1n) is 6.57. The van der Waals surface area contributed by atoms with Gasteiger partial charge in [0.2, 0.25) is 10.0 Å². The molecule has 1 fully saturated rings. The highest BCUT2D eigenvalue weighted by atomic mass is 32.2. The fourth-order valence-electron chi connectivity index (χ4n) is 2.34. The second-order valence-electron chi connectivity index (χ2n) is 5.01. The third kappa shape index (κ3) is 3.33. The van der Waals surface area contributed by atoms with Gasteiger partial charge in [-0.2, -0.15) is 4.31 Å². The zero-order valence-electron chi connectivity index (χ0n) is 11.2. The third-order valence-electron chi connectivity index (χ3n) is 3.58. The van der Waals surface area contributed by atoms with Crippen LogP contribution in [0.25, 0.3) is 0 Å². The molecule has 1 atom stereocenters. The minimum atomic E-state index is -3.37. The Morgan fingerprint density at radius 2 is 1.89 bits per heavy atom. The Hall–Kier alpha value is -0.950. The van der Waals surface area contributed by atoms with Crippen LogP contribution in [0.2, 0.25) is 0 Å². The topological polar surface area (TPSA) is 75.4 Å². The molecular formula is C13H21N3O2S. The number of hydrogen-bond donors (Lipinski definition) is 2. The fourth-order valence-corrected chi connectivity index (χ4v) is 3.83. The van der Waals surface area contributed by atoms with Gasteiger partial charge < -0.3 is 0 Å². The molecule has 6 heteroatoms. The standard InChI is InChI=1S/C13H21N3O2S/c1-11-4-6-13(7-5-11)19(17,18)16-9-2-3-12(15-14)8-10-16/h4-7,12,15H,2-3,8-10,14H2,1H3/t12-/m0/s1. The number of nitrogens with two attached hydrogens (primary N) is 1. The summed E-state index contributed by atoms with van der Waals surface area (Å²) in [4.78, 5) is 0.372. The second-order valence-corrected chi connectivity index (χ2v) is 6.95. The molecule has 0 amide bonds. The molecule has 0 spiro atoms. The minimum Gasteiger partial charge on any atom is -0.271 e. The van der Waals surface area contributed by atoms with Crippen LogP contribution in [0.1, 0.15) is 24.8 Å². The van der Waals surface area contributed by atoms with Crippen LogP contribution in [-0.4, -0.2) is 31.9 Å². The van der Waals surface area contributed by atoms with E-state index in [4.69, 9.17) is 5.84 Å². The van der Waals surface area contributed by atoms with Gasteiger partial charge in [0, 0.05) is 19.1 Å². The van der Waals surface area contributed by atoms with Crippen LogP contribution in [0.3, 0.4) is 0 Å². The van der Waals surface area contributed by atoms with Gasteiger partial charge in [0.05, 0.1) is 4.90 Å². The monoisotopic (exact) mass is 283 g/mol. The molecule has 1 saturated heterocycles. The van der Waals surface area contributed by atoms with E-state index < -0.39 is 10.0 Å². The average molecular weight is 283 g/mol. The number of hydrogen-bond acceptors (Lipinski definition) is 4. The van der Waals surface area contributed by atoms with Gasteiger partial charge in [-0.3, -0.25) is 11.3 Å². The predicted octanol–water partition coefficient (Wildman–Crippen LogP) is 1.00. The van der Waals surface area contributed by atoms with Crippen molar-refractivity contribution in [2.75, 3.05) is 13.1 Å². The van der Waals surface area contributed by atoms with E-state index in [1.807, 2.05) is 19.1 Å². The molecule has 5 nitrogen and oxygen atoms in total. The Morgan fingerprint density at radius 3 is 2.53 bits per heavy atom. The van der Waals surface area contributed by atoms with Crippen molar-refractivity contribution >= 4 is 10.0 Å². The van der Waals surface area contributed by atoms with Gasteiger partial charge in [0.25, 0.3) is 0 Å². The van der Waals surface area contributed by atoms with Gasteiger partial charge in [-0.1, -0.05) is 17.7 Å². The van der Waals surface area contributed by atoms with Gasteiger partial charge in [-0.05, 0) is 38.3 Å². The maximum Gasteiger partial charge on any atom is 0.243 e. The molecule has 0 bridgehead atoms. The van der Waals surface area contributed by atoms with Crippen LogP contribution >= 0.6 is 0 Å². The molecule has 1 heterocycles. The second kappa shape index (κ2) is 6.00. The summed E-state index contributed by atoms with van der Waals surface area (Å²) in [6.07, 6.45) is 2.50. The van der Waals surface area contributed by atoms with E-state index in [0.29, 0.717) is 18.0 Å². The molecule has 0 unspecified atom stereocenters. The number of benzene rings is 1. The summed E-state index contributed by atoms with van der Waals surface area (Å²) in [5, 5.41) is 0. The molecule has 2 rings (SSSR count). The first-order chi connectivity index (χ1) is 9.04. The Kier molecular flexibility index (Phi) is 4.57. The minimum absolute atomic E-state index is 0.207. The van der Waals surface area contributed by atoms with Crippen LogP contribution < -0.4 is 11.3 Å². The number of aryl methyl sites for hydroxylation is 1. The SMILES string of the molecule is Cc1ccc(S(=O)(=O)N2CCC[C@H](NN)CC2)cc1. The molecule has 1 aromatic carbocycles. The average Bonchev–Trinajstić information content (AvgIpc) is 2.65. The van der Waals surface area contributed by atoms with E-state index in [2.05, 4.69) is 5.43 Å². The van der Waals surface area contributed by atoms with Crippen molar-refractivity contribution in [3.05, 3.63) is 29.8 Å². The molecule has 0 saturated carbocycles. The van der Waals surface area contributed by atoms with Gasteiger partial charge in [-0.25, -0.2) is 8.42 Å². The molecule has 1 aliphatic heterocycles. The lowest BCUT2D eigenvalue weighted by atomic mass is 10.1. The van der Waals surface area contributed by atoms with E-state index in [-0.39, 0.29) is 6.04 Å². The van der Waals surface area contributed by atoms with E-state index >= 15 is 0 Å². The highest BCUT2D eigenvalue weighted by Gasteiger charge is 2.27. The smallest absolute Gasteiger partial charge is 0.243 e. The third-order valence-corrected chi connectivity index (χ3v) is 5.49. The van der Waals surface area contributed by atoms with E-state index in [9.17, 15) is 8.42 Å². The molecular weight excluding hydrogens is 262 g/mol. The Morgan fingerprint density at radius 1 is 1.21 bits per heavy atom. The summed E-state index contributed by atoms with van der Waals surface area (Å²) in [5.41, 5.74) is 3.80. The number of rotatable bonds is 3. The quantitative estimate of drug-likeness (QED) is 0.641. The Bertz CT molecular complexity index is 513. The van der Waals surface area contributed by atoms with Crippen LogP contribution in [0.15, 0.2) is 29.2 Å². The molecule has 0 radical (unpaired) electrons. The zero-order chi connectivity index (χ0) is 13.9. The summed E-state index contributed by atoms with van der Waals surface area (Å²) in [6.45, 7) is 3.03. The van der Waals surface area contributed by atoms with Crippen molar-refractivity contribution in [1.82, 2.24) is 9.73 Å². The molecule has 1 aliphatic rings. The number of hydrazine groups is 1. The number of nitrogens with zero attached hydrogens (tertiary/aromatic N) is 1. The molecule has 19 heavy (non-hydrogen) atoms. The molecule has 3 N–H and O–H groups in total. The first kappa shape index (κ1) is 14.5. The summed E-state index contributed by atoms with van der Waals surface area (Å²) >= 11 is 0. The molecule has 1 aromatic rings. The lowest BCUT2D eigenvalue weighted by Gasteiger charge is -2.20. The highest BCUT2D eigenvalue weighted by Crippen LogP contribution is 2.20. The fraction of sp³-hybridized carbons (Fsp3) is 0.538. The van der Waals surface area contributed by atoms with E-state index in [0.717, 1.165) is 24.8 Å². The maximum absolute atomic E-state index is 12.5. The summed E-state index contributed by atoms with van der Waals surface area (Å²) in [5.74, 6) is 5.44. The summed E-state index contributed by atoms with van der Waals surface area (Å²) in [7, 11) is -3.37. The largest absolute Gasteiger partial charge is 0.271 e. The van der Waals surface area contributed by atoms with Gasteiger partial charge in [0.15, 0.2) is 0 Å². The van der Waals surface area contributed by atoms with Crippen LogP contribution in [-0.2, 0) is 10.0 Å². The van der Waals surface area contributed by atoms with Crippen molar-refractivity contribution in [3.63, 3.8) is 0 Å². The lowest BCUT2D eigenvalue weighted by molar-refractivity contribution is 0.415. The highest BCUT2D eigenvalue weighted by molar-refractivity contribution is 7.89. The Balaban J connectivity index is 2.17. The van der Waals surface area contributed by atoms with Gasteiger partial charge in [-0.15, -0.1) is 0 Å². The lowest BCUT2D eigenvalue weighted by Crippen LogP contribution is -2.37. The van der Waals surface area contributed by atoms with Crippen LogP contribution in [0.4, 0.5) is 0 Å². The van der Waals surface area contributed by atoms with Gasteiger partial charge >= 0.3 is 0 Å². The van der Waals surface area contributed by atoms with Crippen molar-refractivity contribution in [2.24, 2.45) is 5.84 Å². The number of sulfonamides is 1. The van der Waals surface area contributed by atoms with E-state index in [1.54, 1.807) is 16.4 Å². The first-order valence-corrected chi connectivity index (χ1v) is 8.01. The molecule has 0 aliphatic carbocycles. The van der Waals surface area contributed by atoms with Crippen LogP contribution in [0, 0.1) is 6.92 Å². The summed E-state index contributed by atoms with van der Waals surface area (Å²) in [6, 6.07) is 7.21. The van der Waals surface area contributed by atoms with Crippen molar-refractivity contribution in [2.45, 2.75) is 37.1 Å². The van der Waals surface area contributed by atoms with Crippen molar-refractivity contribution in [1.29, 1.82) is 0 Å². The Labute approximate surface area is 114 Å². The summed E-state index contributed by atoms with van der Waals surface area (Å²) < 4.78 is 26.6. The van der Waals surface area contributed by atoms with Crippen molar-refractivity contribution in [3.8, 4) is 0 Å². The number of nitrogens with one attached hydrogen (secondary N) is 1. The van der Waals surface area contributed by atoms with Crippen molar-refractivity contribution < 1.29 is 8.42 Å². The normalized spacial score (nSPS) is 22.1. The zero-order valence-corrected chi connectivity index (χ0v) is 12.0. The molecule has 106 valence electrons.